The van der Waals surface area contributed by atoms with Crippen molar-refractivity contribution in [2.75, 3.05) is 18.0 Å². The molecular weight excluding hydrogens is 244 g/mol. The molecule has 0 aromatic heterocycles. The Morgan fingerprint density at radius 1 is 1.25 bits per heavy atom. The number of likely N-dealkylation sites (N-methyl/N-ethyl adjacent to an activating group) is 1. The third-order valence-corrected chi connectivity index (χ3v) is 4.87. The van der Waals surface area contributed by atoms with E-state index in [2.05, 4.69) is 49.9 Å². The van der Waals surface area contributed by atoms with Crippen molar-refractivity contribution in [3.8, 4) is 0 Å². The van der Waals surface area contributed by atoms with E-state index in [1.807, 2.05) is 0 Å². The average molecular weight is 274 g/mol. The predicted molar refractivity (Wildman–Crippen MR) is 88.2 cm³/mol. The molecule has 1 aromatic carbocycles. The summed E-state index contributed by atoms with van der Waals surface area (Å²) in [7, 11) is 0. The lowest BCUT2D eigenvalue weighted by atomic mass is 9.78. The van der Waals surface area contributed by atoms with Crippen molar-refractivity contribution in [2.24, 2.45) is 17.6 Å². The van der Waals surface area contributed by atoms with Crippen LogP contribution in [0.25, 0.3) is 0 Å². The minimum atomic E-state index is 0.491. The van der Waals surface area contributed by atoms with E-state index in [0.717, 1.165) is 24.9 Å². The van der Waals surface area contributed by atoms with Crippen molar-refractivity contribution >= 4 is 5.69 Å². The van der Waals surface area contributed by atoms with E-state index in [1.165, 1.54) is 36.9 Å². The molecule has 2 rings (SSSR count). The molecule has 0 radical (unpaired) electrons. The monoisotopic (exact) mass is 274 g/mol. The summed E-state index contributed by atoms with van der Waals surface area (Å²) >= 11 is 0. The topological polar surface area (TPSA) is 29.3 Å². The molecule has 2 heteroatoms. The molecule has 1 saturated carbocycles. The van der Waals surface area contributed by atoms with Gasteiger partial charge in [-0.3, -0.25) is 0 Å². The first-order valence-electron chi connectivity index (χ1n) is 8.19. The molecule has 0 aliphatic heterocycles. The van der Waals surface area contributed by atoms with Crippen molar-refractivity contribution in [1.82, 2.24) is 0 Å². The van der Waals surface area contributed by atoms with Crippen LogP contribution in [0.15, 0.2) is 24.3 Å². The lowest BCUT2D eigenvalue weighted by Crippen LogP contribution is -2.47. The first-order valence-corrected chi connectivity index (χ1v) is 8.19. The highest BCUT2D eigenvalue weighted by Crippen LogP contribution is 2.34. The lowest BCUT2D eigenvalue weighted by Gasteiger charge is -2.40. The van der Waals surface area contributed by atoms with Gasteiger partial charge in [0.2, 0.25) is 0 Å². The average Bonchev–Trinajstić information content (AvgIpc) is 2.46. The first kappa shape index (κ1) is 15.4. The van der Waals surface area contributed by atoms with Crippen LogP contribution in [0.3, 0.4) is 0 Å². The second-order valence-corrected chi connectivity index (χ2v) is 6.46. The number of benzene rings is 1. The van der Waals surface area contributed by atoms with E-state index in [1.54, 1.807) is 0 Å². The fourth-order valence-electron chi connectivity index (χ4n) is 3.75. The van der Waals surface area contributed by atoms with E-state index in [-0.39, 0.29) is 0 Å². The van der Waals surface area contributed by atoms with Crippen molar-refractivity contribution in [2.45, 2.75) is 52.5 Å². The quantitative estimate of drug-likeness (QED) is 0.880. The number of aryl methyl sites for hydroxylation is 1. The van der Waals surface area contributed by atoms with Gasteiger partial charge in [-0.2, -0.15) is 0 Å². The van der Waals surface area contributed by atoms with Gasteiger partial charge in [-0.05, 0) is 50.7 Å². The molecule has 0 saturated heterocycles. The molecule has 2 nitrogen and oxygen atoms in total. The van der Waals surface area contributed by atoms with E-state index in [9.17, 15) is 0 Å². The Labute approximate surface area is 124 Å². The Kier molecular flexibility index (Phi) is 5.47. The normalized spacial score (nSPS) is 24.4. The largest absolute Gasteiger partial charge is 0.367 e. The molecule has 0 spiro atoms. The van der Waals surface area contributed by atoms with E-state index in [4.69, 9.17) is 5.73 Å². The summed E-state index contributed by atoms with van der Waals surface area (Å²) in [5, 5.41) is 0. The van der Waals surface area contributed by atoms with Crippen molar-refractivity contribution < 1.29 is 0 Å². The number of rotatable bonds is 5. The minimum absolute atomic E-state index is 0.491. The molecule has 112 valence electrons. The number of anilines is 1. The van der Waals surface area contributed by atoms with Crippen molar-refractivity contribution in [3.05, 3.63) is 29.8 Å². The Hall–Kier alpha value is -1.02. The van der Waals surface area contributed by atoms with Gasteiger partial charge in [0.05, 0.1) is 0 Å². The van der Waals surface area contributed by atoms with E-state index < -0.39 is 0 Å². The summed E-state index contributed by atoms with van der Waals surface area (Å²) in [6.45, 7) is 8.58. The van der Waals surface area contributed by atoms with Crippen LogP contribution in [-0.4, -0.2) is 19.1 Å². The van der Waals surface area contributed by atoms with Gasteiger partial charge in [0.25, 0.3) is 0 Å². The first-order chi connectivity index (χ1) is 9.65. The molecule has 0 heterocycles. The molecule has 0 amide bonds. The van der Waals surface area contributed by atoms with Crippen LogP contribution in [-0.2, 0) is 0 Å². The Morgan fingerprint density at radius 3 is 2.50 bits per heavy atom. The molecule has 3 unspecified atom stereocenters. The predicted octanol–water partition coefficient (Wildman–Crippen LogP) is 3.97. The summed E-state index contributed by atoms with van der Waals surface area (Å²) in [6, 6.07) is 9.39. The molecule has 1 aliphatic carbocycles. The lowest BCUT2D eigenvalue weighted by molar-refractivity contribution is 0.242. The molecule has 20 heavy (non-hydrogen) atoms. The Balaban J connectivity index is 2.16. The number of nitrogens with two attached hydrogens (primary N) is 1. The maximum Gasteiger partial charge on any atom is 0.0440 e. The van der Waals surface area contributed by atoms with Gasteiger partial charge < -0.3 is 10.6 Å². The van der Waals surface area contributed by atoms with Gasteiger partial charge in [0.15, 0.2) is 0 Å². The van der Waals surface area contributed by atoms with Gasteiger partial charge in [-0.25, -0.2) is 0 Å². The molecular formula is C18H30N2. The maximum atomic E-state index is 6.15. The molecule has 1 aromatic rings. The highest BCUT2D eigenvalue weighted by atomic mass is 15.2. The second kappa shape index (κ2) is 7.12. The number of hydrogen-bond acceptors (Lipinski definition) is 2. The molecule has 2 N–H and O–H groups in total. The van der Waals surface area contributed by atoms with Crippen LogP contribution in [0.2, 0.25) is 0 Å². The Bertz CT molecular complexity index is 398. The van der Waals surface area contributed by atoms with Crippen molar-refractivity contribution in [3.63, 3.8) is 0 Å². The highest BCUT2D eigenvalue weighted by molar-refractivity contribution is 5.48. The number of hydrogen-bond donors (Lipinski definition) is 1. The van der Waals surface area contributed by atoms with E-state index in [0.29, 0.717) is 6.04 Å². The molecule has 0 bridgehead atoms. The van der Waals surface area contributed by atoms with Gasteiger partial charge >= 0.3 is 0 Å². The summed E-state index contributed by atoms with van der Waals surface area (Å²) in [6.07, 6.45) is 5.44. The summed E-state index contributed by atoms with van der Waals surface area (Å²) < 4.78 is 0. The van der Waals surface area contributed by atoms with Gasteiger partial charge in [-0.1, -0.05) is 37.5 Å². The standard InChI is InChI=1S/C18H30N2/c1-4-20(17-10-8-14(2)9-11-17)18(13-19)16-7-5-6-15(3)12-16/h8-11,15-16,18H,4-7,12-13,19H2,1-3H3. The zero-order valence-corrected chi connectivity index (χ0v) is 13.3. The Morgan fingerprint density at radius 2 is 1.95 bits per heavy atom. The summed E-state index contributed by atoms with van der Waals surface area (Å²) in [5.41, 5.74) is 8.80. The summed E-state index contributed by atoms with van der Waals surface area (Å²) in [4.78, 5) is 2.52. The second-order valence-electron chi connectivity index (χ2n) is 6.46. The fourth-order valence-corrected chi connectivity index (χ4v) is 3.75. The van der Waals surface area contributed by atoms with Crippen LogP contribution in [0.4, 0.5) is 5.69 Å². The minimum Gasteiger partial charge on any atom is -0.367 e. The van der Waals surface area contributed by atoms with Gasteiger partial charge in [0.1, 0.15) is 0 Å². The van der Waals surface area contributed by atoms with Crippen LogP contribution in [0.1, 0.15) is 45.1 Å². The zero-order chi connectivity index (χ0) is 14.5. The van der Waals surface area contributed by atoms with Crippen LogP contribution in [0, 0.1) is 18.8 Å². The number of nitrogens with zero attached hydrogens (tertiary/aromatic N) is 1. The van der Waals surface area contributed by atoms with Gasteiger partial charge in [-0.15, -0.1) is 0 Å². The van der Waals surface area contributed by atoms with Crippen molar-refractivity contribution in [1.29, 1.82) is 0 Å². The zero-order valence-electron chi connectivity index (χ0n) is 13.3. The SMILES string of the molecule is CCN(c1ccc(C)cc1)C(CN)C1CCCC(C)C1. The molecule has 1 fully saturated rings. The maximum absolute atomic E-state index is 6.15. The fraction of sp³-hybridized carbons (Fsp3) is 0.667. The smallest absolute Gasteiger partial charge is 0.0440 e. The molecule has 1 aliphatic rings. The van der Waals surface area contributed by atoms with E-state index >= 15 is 0 Å². The summed E-state index contributed by atoms with van der Waals surface area (Å²) in [5.74, 6) is 1.62. The molecule has 3 atom stereocenters. The van der Waals surface area contributed by atoms with Crippen LogP contribution >= 0.6 is 0 Å². The van der Waals surface area contributed by atoms with Gasteiger partial charge in [0, 0.05) is 24.8 Å². The van der Waals surface area contributed by atoms with Crippen LogP contribution < -0.4 is 10.6 Å². The third kappa shape index (κ3) is 3.54. The highest BCUT2D eigenvalue weighted by Gasteiger charge is 2.29. The third-order valence-electron chi connectivity index (χ3n) is 4.87. The van der Waals surface area contributed by atoms with Crippen LogP contribution in [0.5, 0.6) is 0 Å².